The van der Waals surface area contributed by atoms with Crippen LogP contribution in [0.2, 0.25) is 5.02 Å². The van der Waals surface area contributed by atoms with Gasteiger partial charge in [-0.2, -0.15) is 4.98 Å². The van der Waals surface area contributed by atoms with Gasteiger partial charge in [0.05, 0.1) is 28.3 Å². The summed E-state index contributed by atoms with van der Waals surface area (Å²) in [5.41, 5.74) is 0.0208. The van der Waals surface area contributed by atoms with Crippen molar-refractivity contribution in [1.29, 1.82) is 0 Å². The van der Waals surface area contributed by atoms with Gasteiger partial charge < -0.3 is 30.3 Å². The number of hydrogen-bond acceptors (Lipinski definition) is 10. The Morgan fingerprint density at radius 2 is 2.03 bits per heavy atom. The van der Waals surface area contributed by atoms with Gasteiger partial charge in [-0.3, -0.25) is 10.1 Å². The summed E-state index contributed by atoms with van der Waals surface area (Å²) >= 11 is 5.98. The molecule has 1 atom stereocenters. The Labute approximate surface area is 230 Å². The van der Waals surface area contributed by atoms with Crippen molar-refractivity contribution in [3.63, 3.8) is 0 Å². The molecule has 1 saturated heterocycles. The van der Waals surface area contributed by atoms with Crippen LogP contribution >= 0.6 is 11.6 Å². The molecule has 1 aliphatic heterocycles. The molecule has 0 unspecified atom stereocenters. The second-order valence-electron chi connectivity index (χ2n) is 10.1. The molecular weight excluding hydrogens is 529 g/mol. The predicted molar refractivity (Wildman–Crippen MR) is 149 cm³/mol. The first-order chi connectivity index (χ1) is 18.4. The van der Waals surface area contributed by atoms with Crippen LogP contribution in [0.4, 0.5) is 38.9 Å². The molecule has 0 radical (unpaired) electrons. The van der Waals surface area contributed by atoms with E-state index < -0.39 is 16.3 Å². The number of benzene rings is 2. The maximum atomic E-state index is 14.1. The molecule has 4 rings (SSSR count). The van der Waals surface area contributed by atoms with Gasteiger partial charge in [0.15, 0.2) is 0 Å². The van der Waals surface area contributed by atoms with E-state index in [1.54, 1.807) is 12.1 Å². The van der Waals surface area contributed by atoms with Crippen LogP contribution in [0.25, 0.3) is 0 Å². The zero-order chi connectivity index (χ0) is 28.5. The van der Waals surface area contributed by atoms with Crippen molar-refractivity contribution in [1.82, 2.24) is 14.9 Å². The molecule has 2 aromatic carbocycles. The molecule has 2 heterocycles. The Bertz CT molecular complexity index is 1380. The van der Waals surface area contributed by atoms with E-state index in [4.69, 9.17) is 16.3 Å². The third-order valence-corrected chi connectivity index (χ3v) is 6.70. The fourth-order valence-electron chi connectivity index (χ4n) is 4.47. The maximum absolute atomic E-state index is 14.1. The lowest BCUT2D eigenvalue weighted by atomic mass is 9.96. The zero-order valence-corrected chi connectivity index (χ0v) is 23.1. The van der Waals surface area contributed by atoms with Gasteiger partial charge in [-0.15, -0.1) is 0 Å². The van der Waals surface area contributed by atoms with Gasteiger partial charge in [0.2, 0.25) is 5.95 Å². The van der Waals surface area contributed by atoms with Crippen LogP contribution in [0, 0.1) is 15.9 Å². The molecule has 1 aromatic heterocycles. The van der Waals surface area contributed by atoms with Gasteiger partial charge in [-0.05, 0) is 52.6 Å². The maximum Gasteiger partial charge on any atom is 0.294 e. The van der Waals surface area contributed by atoms with Crippen molar-refractivity contribution < 1.29 is 19.2 Å². The highest BCUT2D eigenvalue weighted by molar-refractivity contribution is 6.31. The number of nitrogens with one attached hydrogen (secondary N) is 2. The van der Waals surface area contributed by atoms with Crippen LogP contribution in [-0.2, 0) is 5.60 Å². The molecule has 0 amide bonds. The van der Waals surface area contributed by atoms with Crippen molar-refractivity contribution in [3.8, 4) is 5.75 Å². The number of aliphatic hydroxyl groups is 1. The number of nitro benzene ring substituents is 1. The molecule has 1 fully saturated rings. The van der Waals surface area contributed by atoms with E-state index in [9.17, 15) is 19.6 Å². The fourth-order valence-corrected chi connectivity index (χ4v) is 4.64. The summed E-state index contributed by atoms with van der Waals surface area (Å²) in [5, 5.41) is 28.5. The second-order valence-corrected chi connectivity index (χ2v) is 10.5. The van der Waals surface area contributed by atoms with Crippen molar-refractivity contribution in [2.45, 2.75) is 31.9 Å². The summed E-state index contributed by atoms with van der Waals surface area (Å²) < 4.78 is 19.7. The Hall–Kier alpha value is -3.74. The molecule has 1 aliphatic rings. The Morgan fingerprint density at radius 1 is 1.28 bits per heavy atom. The van der Waals surface area contributed by atoms with Crippen LogP contribution in [0.15, 0.2) is 36.5 Å². The first kappa shape index (κ1) is 28.3. The number of anilines is 5. The van der Waals surface area contributed by atoms with Gasteiger partial charge in [-0.25, -0.2) is 9.37 Å². The van der Waals surface area contributed by atoms with Gasteiger partial charge in [-0.1, -0.05) is 11.6 Å². The molecule has 0 spiro atoms. The average molecular weight is 560 g/mol. The summed E-state index contributed by atoms with van der Waals surface area (Å²) in [6, 6.07) is 7.34. The fraction of sp³-hybridized carbons (Fsp3) is 0.385. The first-order valence-electron chi connectivity index (χ1n) is 12.2. The quantitative estimate of drug-likeness (QED) is 0.229. The highest BCUT2D eigenvalue weighted by Crippen LogP contribution is 2.42. The normalized spacial score (nSPS) is 15.2. The van der Waals surface area contributed by atoms with E-state index >= 15 is 0 Å². The highest BCUT2D eigenvalue weighted by atomic mass is 35.5. The molecule has 0 bridgehead atoms. The summed E-state index contributed by atoms with van der Waals surface area (Å²) in [6.45, 7) is 4.55. The van der Waals surface area contributed by atoms with E-state index in [-0.39, 0.29) is 28.3 Å². The third kappa shape index (κ3) is 6.29. The number of nitrogens with zero attached hydrogens (tertiary/aromatic N) is 5. The Morgan fingerprint density at radius 3 is 2.62 bits per heavy atom. The second kappa shape index (κ2) is 11.2. The highest BCUT2D eigenvalue weighted by Gasteiger charge is 2.34. The van der Waals surface area contributed by atoms with Crippen molar-refractivity contribution in [2.24, 2.45) is 0 Å². The van der Waals surface area contributed by atoms with E-state index in [0.29, 0.717) is 35.2 Å². The van der Waals surface area contributed by atoms with Crippen molar-refractivity contribution >= 4 is 46.1 Å². The SMILES string of the molecule is COc1cc(N2CC[C@@H]2CN(C)C)c([N+](=O)[O-])cc1Nc1nccc(Nc2cc(Cl)c(F)cc2C(C)(C)O)n1. The lowest BCUT2D eigenvalue weighted by Gasteiger charge is -2.43. The minimum absolute atomic E-state index is 0.0631. The van der Waals surface area contributed by atoms with Crippen molar-refractivity contribution in [3.05, 3.63) is 63.0 Å². The summed E-state index contributed by atoms with van der Waals surface area (Å²) in [5.74, 6) is 0.182. The molecular formula is C26H31ClFN7O4. The van der Waals surface area contributed by atoms with E-state index in [0.717, 1.165) is 19.0 Å². The summed E-state index contributed by atoms with van der Waals surface area (Å²) in [4.78, 5) is 24.3. The van der Waals surface area contributed by atoms with Crippen LogP contribution < -0.4 is 20.3 Å². The standard InChI is InChI=1S/C26H31ClFN7O4/c1-26(2,36)16-10-18(28)17(27)11-19(16)30-24-6-8-29-25(32-24)31-20-12-22(35(37)38)21(13-23(20)39-5)34-9-7-15(34)14-33(3)4/h6,8,10-13,15,36H,7,9,14H2,1-5H3,(H2,29,30,31,32)/t15-/m1/s1. The van der Waals surface area contributed by atoms with E-state index in [2.05, 4.69) is 25.5 Å². The van der Waals surface area contributed by atoms with Gasteiger partial charge in [0.1, 0.15) is 23.1 Å². The van der Waals surface area contributed by atoms with Gasteiger partial charge in [0.25, 0.3) is 5.69 Å². The molecule has 39 heavy (non-hydrogen) atoms. The molecule has 208 valence electrons. The topological polar surface area (TPSA) is 129 Å². The minimum Gasteiger partial charge on any atom is -0.494 e. The number of nitro groups is 1. The largest absolute Gasteiger partial charge is 0.494 e. The van der Waals surface area contributed by atoms with Gasteiger partial charge in [0, 0.05) is 48.7 Å². The van der Waals surface area contributed by atoms with Crippen LogP contribution in [0.3, 0.4) is 0 Å². The molecule has 13 heteroatoms. The van der Waals surface area contributed by atoms with Crippen LogP contribution in [-0.4, -0.2) is 65.2 Å². The van der Waals surface area contributed by atoms with E-state index in [1.807, 2.05) is 19.0 Å². The summed E-state index contributed by atoms with van der Waals surface area (Å²) in [7, 11) is 5.42. The lowest BCUT2D eigenvalue weighted by Crippen LogP contribution is -2.52. The summed E-state index contributed by atoms with van der Waals surface area (Å²) in [6.07, 6.45) is 2.42. The van der Waals surface area contributed by atoms with E-state index in [1.165, 1.54) is 39.3 Å². The number of ether oxygens (including phenoxy) is 1. The number of rotatable bonds is 10. The third-order valence-electron chi connectivity index (χ3n) is 6.41. The number of aromatic nitrogens is 2. The Kier molecular flexibility index (Phi) is 8.09. The predicted octanol–water partition coefficient (Wildman–Crippen LogP) is 5.04. The zero-order valence-electron chi connectivity index (χ0n) is 22.3. The van der Waals surface area contributed by atoms with Crippen LogP contribution in [0.1, 0.15) is 25.8 Å². The molecule has 0 saturated carbocycles. The number of hydrogen-bond donors (Lipinski definition) is 3. The molecule has 3 N–H and O–H groups in total. The number of halogens is 2. The van der Waals surface area contributed by atoms with Gasteiger partial charge >= 0.3 is 0 Å². The lowest BCUT2D eigenvalue weighted by molar-refractivity contribution is -0.384. The number of methoxy groups -OCH3 is 1. The smallest absolute Gasteiger partial charge is 0.294 e. The number of likely N-dealkylation sites (N-methyl/N-ethyl adjacent to an activating group) is 1. The Balaban J connectivity index is 1.64. The van der Waals surface area contributed by atoms with Crippen molar-refractivity contribution in [2.75, 3.05) is 49.8 Å². The minimum atomic E-state index is -1.36. The molecule has 0 aliphatic carbocycles. The molecule has 3 aromatic rings. The average Bonchev–Trinajstić information content (AvgIpc) is 2.84. The first-order valence-corrected chi connectivity index (χ1v) is 12.6. The monoisotopic (exact) mass is 559 g/mol. The molecule has 11 nitrogen and oxygen atoms in total. The van der Waals surface area contributed by atoms with Crippen LogP contribution in [0.5, 0.6) is 5.75 Å².